The maximum Gasteiger partial charge on any atom is 0.325 e. The molecule has 1 unspecified atom stereocenters. The lowest BCUT2D eigenvalue weighted by Crippen LogP contribution is -2.38. The molecule has 1 amide bonds. The van der Waals surface area contributed by atoms with Crippen LogP contribution in [0.5, 0.6) is 0 Å². The largest absolute Gasteiger partial charge is 0.480 e. The highest BCUT2D eigenvalue weighted by atomic mass is 16.4. The van der Waals surface area contributed by atoms with Crippen molar-refractivity contribution in [2.75, 3.05) is 19.0 Å². The van der Waals surface area contributed by atoms with Crippen molar-refractivity contribution >= 4 is 28.6 Å². The van der Waals surface area contributed by atoms with Crippen molar-refractivity contribution < 1.29 is 14.7 Å². The predicted octanol–water partition coefficient (Wildman–Crippen LogP) is 1.50. The van der Waals surface area contributed by atoms with E-state index in [9.17, 15) is 9.59 Å². The highest BCUT2D eigenvalue weighted by molar-refractivity contribution is 6.07. The van der Waals surface area contributed by atoms with Crippen LogP contribution in [0.4, 0.5) is 5.82 Å². The summed E-state index contributed by atoms with van der Waals surface area (Å²) in [6, 6.07) is 7.98. The van der Waals surface area contributed by atoms with Gasteiger partial charge in [0.15, 0.2) is 0 Å². The van der Waals surface area contributed by atoms with Crippen molar-refractivity contribution in [1.82, 2.24) is 10.3 Å². The Morgan fingerprint density at radius 3 is 2.57 bits per heavy atom. The topological polar surface area (TPSA) is 82.5 Å². The number of nitrogens with one attached hydrogen (secondary N) is 1. The first-order chi connectivity index (χ1) is 9.90. The van der Waals surface area contributed by atoms with Crippen LogP contribution >= 0.6 is 0 Å². The van der Waals surface area contributed by atoms with Crippen molar-refractivity contribution in [1.29, 1.82) is 0 Å². The van der Waals surface area contributed by atoms with Crippen LogP contribution in [0.15, 0.2) is 30.3 Å². The minimum absolute atomic E-state index is 0.414. The summed E-state index contributed by atoms with van der Waals surface area (Å²) >= 11 is 0. The molecule has 0 aliphatic heterocycles. The lowest BCUT2D eigenvalue weighted by molar-refractivity contribution is -0.138. The number of nitrogens with zero attached hydrogens (tertiary/aromatic N) is 2. The fraction of sp³-hybridized carbons (Fsp3) is 0.267. The van der Waals surface area contributed by atoms with Crippen molar-refractivity contribution in [3.63, 3.8) is 0 Å². The summed E-state index contributed by atoms with van der Waals surface area (Å²) in [5.41, 5.74) is 1.11. The number of amides is 1. The Bertz CT molecular complexity index is 698. The van der Waals surface area contributed by atoms with Gasteiger partial charge < -0.3 is 15.3 Å². The van der Waals surface area contributed by atoms with Crippen LogP contribution in [0.1, 0.15) is 17.3 Å². The van der Waals surface area contributed by atoms with Crippen LogP contribution in [0.3, 0.4) is 0 Å². The molecule has 1 heterocycles. The standard InChI is InChI=1S/C15H17N3O3/c1-9(15(20)21)16-14(19)11-8-13(18(2)3)17-12-7-5-4-6-10(11)12/h4-9H,1-3H3,(H,16,19)(H,20,21). The summed E-state index contributed by atoms with van der Waals surface area (Å²) in [6.45, 7) is 1.43. The summed E-state index contributed by atoms with van der Waals surface area (Å²) in [5, 5.41) is 12.1. The van der Waals surface area contributed by atoms with Gasteiger partial charge >= 0.3 is 5.97 Å². The van der Waals surface area contributed by atoms with Crippen molar-refractivity contribution in [3.05, 3.63) is 35.9 Å². The molecule has 1 atom stereocenters. The SMILES string of the molecule is CC(NC(=O)c1cc(N(C)C)nc2ccccc12)C(=O)O. The average Bonchev–Trinajstić information content (AvgIpc) is 2.45. The van der Waals surface area contributed by atoms with Gasteiger partial charge in [0.05, 0.1) is 11.1 Å². The molecule has 1 aromatic heterocycles. The number of carbonyl (C=O) groups excluding carboxylic acids is 1. The second-order valence-electron chi connectivity index (χ2n) is 4.97. The Kier molecular flexibility index (Phi) is 4.07. The van der Waals surface area contributed by atoms with Gasteiger partial charge in [-0.05, 0) is 19.1 Å². The van der Waals surface area contributed by atoms with Gasteiger partial charge in [-0.1, -0.05) is 18.2 Å². The van der Waals surface area contributed by atoms with Gasteiger partial charge in [0.25, 0.3) is 5.91 Å². The minimum atomic E-state index is -1.07. The third-order valence-electron chi connectivity index (χ3n) is 3.12. The molecule has 0 bridgehead atoms. The Labute approximate surface area is 122 Å². The van der Waals surface area contributed by atoms with Crippen molar-refractivity contribution in [2.45, 2.75) is 13.0 Å². The summed E-state index contributed by atoms with van der Waals surface area (Å²) in [4.78, 5) is 29.5. The van der Waals surface area contributed by atoms with Gasteiger partial charge in [0.2, 0.25) is 0 Å². The Morgan fingerprint density at radius 1 is 1.29 bits per heavy atom. The van der Waals surface area contributed by atoms with Gasteiger partial charge in [-0.2, -0.15) is 0 Å². The van der Waals surface area contributed by atoms with Gasteiger partial charge in [0.1, 0.15) is 11.9 Å². The molecule has 110 valence electrons. The second-order valence-corrected chi connectivity index (χ2v) is 4.97. The number of carbonyl (C=O) groups is 2. The molecule has 2 aromatic rings. The molecule has 0 fully saturated rings. The molecule has 6 nitrogen and oxygen atoms in total. The molecule has 21 heavy (non-hydrogen) atoms. The zero-order chi connectivity index (χ0) is 15.6. The average molecular weight is 287 g/mol. The summed E-state index contributed by atoms with van der Waals surface area (Å²) in [7, 11) is 3.66. The van der Waals surface area contributed by atoms with Crippen LogP contribution in [0, 0.1) is 0 Å². The summed E-state index contributed by atoms with van der Waals surface area (Å²) in [5.74, 6) is -0.858. The van der Waals surface area contributed by atoms with Crippen LogP contribution < -0.4 is 10.2 Å². The second kappa shape index (κ2) is 5.78. The van der Waals surface area contributed by atoms with Crippen molar-refractivity contribution in [3.8, 4) is 0 Å². The fourth-order valence-electron chi connectivity index (χ4n) is 1.91. The first kappa shape index (κ1) is 14.8. The van der Waals surface area contributed by atoms with E-state index < -0.39 is 17.9 Å². The normalized spacial score (nSPS) is 12.0. The number of pyridine rings is 1. The molecular formula is C15H17N3O3. The number of carboxylic acid groups (broad SMARTS) is 1. The van der Waals surface area contributed by atoms with E-state index in [0.29, 0.717) is 22.3 Å². The van der Waals surface area contributed by atoms with Crippen LogP contribution in [-0.2, 0) is 4.79 Å². The molecule has 0 radical (unpaired) electrons. The summed E-state index contributed by atoms with van der Waals surface area (Å²) in [6.07, 6.45) is 0. The van der Waals surface area contributed by atoms with Gasteiger partial charge in [-0.15, -0.1) is 0 Å². The maximum absolute atomic E-state index is 12.3. The van der Waals surface area contributed by atoms with Gasteiger partial charge in [0, 0.05) is 19.5 Å². The highest BCUT2D eigenvalue weighted by Gasteiger charge is 2.18. The lowest BCUT2D eigenvalue weighted by atomic mass is 10.1. The number of anilines is 1. The van der Waals surface area contributed by atoms with Gasteiger partial charge in [-0.25, -0.2) is 4.98 Å². The molecule has 0 saturated heterocycles. The van der Waals surface area contributed by atoms with Crippen LogP contribution in [-0.4, -0.2) is 42.1 Å². The zero-order valence-electron chi connectivity index (χ0n) is 12.1. The van der Waals surface area contributed by atoms with Crippen LogP contribution in [0.25, 0.3) is 10.9 Å². The molecule has 0 saturated carbocycles. The monoisotopic (exact) mass is 287 g/mol. The van der Waals surface area contributed by atoms with E-state index in [0.717, 1.165) is 0 Å². The van der Waals surface area contributed by atoms with E-state index >= 15 is 0 Å². The molecule has 0 aliphatic carbocycles. The minimum Gasteiger partial charge on any atom is -0.480 e. The lowest BCUT2D eigenvalue weighted by Gasteiger charge is -2.16. The quantitative estimate of drug-likeness (QED) is 0.890. The third-order valence-corrected chi connectivity index (χ3v) is 3.12. The van der Waals surface area contributed by atoms with Crippen molar-refractivity contribution in [2.24, 2.45) is 0 Å². The van der Waals surface area contributed by atoms with E-state index in [-0.39, 0.29) is 0 Å². The number of hydrogen-bond donors (Lipinski definition) is 2. The van der Waals surface area contributed by atoms with Crippen LogP contribution in [0.2, 0.25) is 0 Å². The highest BCUT2D eigenvalue weighted by Crippen LogP contribution is 2.22. The third kappa shape index (κ3) is 3.10. The van der Waals surface area contributed by atoms with E-state index in [1.807, 2.05) is 32.3 Å². The number of rotatable bonds is 4. The zero-order valence-corrected chi connectivity index (χ0v) is 12.1. The molecule has 0 spiro atoms. The molecule has 0 aliphatic rings. The maximum atomic E-state index is 12.3. The molecule has 2 N–H and O–H groups in total. The number of benzene rings is 1. The Morgan fingerprint density at radius 2 is 1.95 bits per heavy atom. The Hall–Kier alpha value is -2.63. The number of para-hydroxylation sites is 1. The predicted molar refractivity (Wildman–Crippen MR) is 80.6 cm³/mol. The smallest absolute Gasteiger partial charge is 0.325 e. The Balaban J connectivity index is 2.50. The fourth-order valence-corrected chi connectivity index (χ4v) is 1.91. The first-order valence-corrected chi connectivity index (χ1v) is 6.51. The van der Waals surface area contributed by atoms with E-state index in [4.69, 9.17) is 5.11 Å². The molecular weight excluding hydrogens is 270 g/mol. The van der Waals surface area contributed by atoms with E-state index in [2.05, 4.69) is 10.3 Å². The van der Waals surface area contributed by atoms with E-state index in [1.165, 1.54) is 6.92 Å². The number of carboxylic acids is 1. The first-order valence-electron chi connectivity index (χ1n) is 6.51. The number of aliphatic carboxylic acids is 1. The van der Waals surface area contributed by atoms with Gasteiger partial charge in [-0.3, -0.25) is 9.59 Å². The summed E-state index contributed by atoms with van der Waals surface area (Å²) < 4.78 is 0. The number of aromatic nitrogens is 1. The molecule has 1 aromatic carbocycles. The van der Waals surface area contributed by atoms with E-state index in [1.54, 1.807) is 17.0 Å². The molecule has 6 heteroatoms. The number of hydrogen-bond acceptors (Lipinski definition) is 4. The molecule has 2 rings (SSSR count). The number of fused-ring (bicyclic) bond motifs is 1.